The molecule has 1 aliphatic rings. The molecule has 0 bridgehead atoms. The topological polar surface area (TPSA) is 40.6 Å². The molecule has 1 aromatic heterocycles. The lowest BCUT2D eigenvalue weighted by atomic mass is 10.1. The van der Waals surface area contributed by atoms with E-state index in [2.05, 4.69) is 6.92 Å². The van der Waals surface area contributed by atoms with Crippen LogP contribution in [0.2, 0.25) is 0 Å². The zero-order valence-corrected chi connectivity index (χ0v) is 16.2. The summed E-state index contributed by atoms with van der Waals surface area (Å²) in [5, 5.41) is 0. The number of benzene rings is 1. The summed E-state index contributed by atoms with van der Waals surface area (Å²) in [6, 6.07) is 6.59. The van der Waals surface area contributed by atoms with Gasteiger partial charge in [-0.15, -0.1) is 11.3 Å². The Kier molecular flexibility index (Phi) is 5.41. The number of rotatable bonds is 4. The van der Waals surface area contributed by atoms with E-state index in [-0.39, 0.29) is 17.5 Å². The van der Waals surface area contributed by atoms with Gasteiger partial charge in [-0.25, -0.2) is 4.39 Å². The lowest BCUT2D eigenvalue weighted by Gasteiger charge is -2.36. The first kappa shape index (κ1) is 18.6. The molecule has 6 heteroatoms. The molecule has 0 spiro atoms. The molecule has 0 radical (unpaired) electrons. The first-order valence-electron chi connectivity index (χ1n) is 8.84. The van der Waals surface area contributed by atoms with E-state index in [0.29, 0.717) is 37.4 Å². The maximum absolute atomic E-state index is 14.3. The van der Waals surface area contributed by atoms with Gasteiger partial charge in [-0.05, 0) is 50.1 Å². The van der Waals surface area contributed by atoms with Crippen LogP contribution in [0.5, 0.6) is 0 Å². The number of carbonyl (C=O) groups excluding carboxylic acids is 2. The third-order valence-electron chi connectivity index (χ3n) is 4.87. The number of Topliss-reactive ketones (excluding diaryl/α,β-unsaturated/α-hetero) is 1. The van der Waals surface area contributed by atoms with E-state index in [1.54, 1.807) is 23.5 Å². The van der Waals surface area contributed by atoms with Crippen molar-refractivity contribution in [3.05, 3.63) is 51.0 Å². The number of carbonyl (C=O) groups is 2. The summed E-state index contributed by atoms with van der Waals surface area (Å²) in [5.74, 6) is -0.479. The van der Waals surface area contributed by atoms with Gasteiger partial charge in [0.15, 0.2) is 5.78 Å². The van der Waals surface area contributed by atoms with E-state index in [4.69, 9.17) is 0 Å². The van der Waals surface area contributed by atoms with Crippen LogP contribution in [0.25, 0.3) is 0 Å². The van der Waals surface area contributed by atoms with E-state index in [0.717, 1.165) is 11.3 Å². The molecule has 4 nitrogen and oxygen atoms in total. The maximum atomic E-state index is 14.3. The average molecular weight is 374 g/mol. The van der Waals surface area contributed by atoms with Gasteiger partial charge in [0, 0.05) is 36.6 Å². The van der Waals surface area contributed by atoms with Gasteiger partial charge in [0.05, 0.1) is 10.6 Å². The number of piperazine rings is 1. The minimum Gasteiger partial charge on any atom is -0.366 e. The molecule has 1 fully saturated rings. The molecule has 138 valence electrons. The monoisotopic (exact) mass is 374 g/mol. The highest BCUT2D eigenvalue weighted by atomic mass is 32.1. The van der Waals surface area contributed by atoms with E-state index >= 15 is 0 Å². The van der Waals surface area contributed by atoms with Crippen molar-refractivity contribution in [2.45, 2.75) is 27.2 Å². The highest BCUT2D eigenvalue weighted by molar-refractivity contribution is 7.14. The predicted molar refractivity (Wildman–Crippen MR) is 103 cm³/mol. The van der Waals surface area contributed by atoms with Crippen LogP contribution >= 0.6 is 11.3 Å². The Bertz CT molecular complexity index is 838. The minimum absolute atomic E-state index is 0.0600. The van der Waals surface area contributed by atoms with Crippen LogP contribution in [0, 0.1) is 12.7 Å². The SMILES string of the molecule is CCc1cc(C(=O)N2CCN(c3ccc(C(C)=O)cc3F)CC2)sc1C. The maximum Gasteiger partial charge on any atom is 0.264 e. The number of ketones is 1. The predicted octanol–water partition coefficient (Wildman–Crippen LogP) is 3.92. The van der Waals surface area contributed by atoms with Crippen molar-refractivity contribution in [1.29, 1.82) is 0 Å². The zero-order chi connectivity index (χ0) is 18.8. The zero-order valence-electron chi connectivity index (χ0n) is 15.3. The van der Waals surface area contributed by atoms with Crippen LogP contribution < -0.4 is 4.90 Å². The van der Waals surface area contributed by atoms with Crippen molar-refractivity contribution in [1.82, 2.24) is 4.90 Å². The van der Waals surface area contributed by atoms with Crippen LogP contribution in [0.1, 0.15) is 44.3 Å². The molecule has 0 atom stereocenters. The number of anilines is 1. The second-order valence-electron chi connectivity index (χ2n) is 6.55. The van der Waals surface area contributed by atoms with Crippen LogP contribution in [-0.4, -0.2) is 42.8 Å². The van der Waals surface area contributed by atoms with Crippen molar-refractivity contribution < 1.29 is 14.0 Å². The van der Waals surface area contributed by atoms with Crippen molar-refractivity contribution in [3.8, 4) is 0 Å². The van der Waals surface area contributed by atoms with Crippen molar-refractivity contribution >= 4 is 28.7 Å². The largest absolute Gasteiger partial charge is 0.366 e. The fraction of sp³-hybridized carbons (Fsp3) is 0.400. The van der Waals surface area contributed by atoms with Crippen LogP contribution in [0.3, 0.4) is 0 Å². The fourth-order valence-electron chi connectivity index (χ4n) is 3.26. The van der Waals surface area contributed by atoms with E-state index in [9.17, 15) is 14.0 Å². The molecule has 0 aliphatic carbocycles. The highest BCUT2D eigenvalue weighted by Crippen LogP contribution is 2.26. The number of nitrogens with zero attached hydrogens (tertiary/aromatic N) is 2. The summed E-state index contributed by atoms with van der Waals surface area (Å²) in [7, 11) is 0. The molecular weight excluding hydrogens is 351 g/mol. The average Bonchev–Trinajstić information content (AvgIpc) is 3.02. The van der Waals surface area contributed by atoms with E-state index in [1.165, 1.54) is 23.4 Å². The van der Waals surface area contributed by atoms with Gasteiger partial charge in [-0.2, -0.15) is 0 Å². The Labute approximate surface area is 157 Å². The van der Waals surface area contributed by atoms with Crippen LogP contribution in [0.15, 0.2) is 24.3 Å². The molecule has 2 aromatic rings. The number of hydrogen-bond donors (Lipinski definition) is 0. The van der Waals surface area contributed by atoms with Crippen molar-refractivity contribution in [3.63, 3.8) is 0 Å². The quantitative estimate of drug-likeness (QED) is 0.762. The van der Waals surface area contributed by atoms with Crippen molar-refractivity contribution in [2.24, 2.45) is 0 Å². The molecule has 0 saturated carbocycles. The molecule has 1 aromatic carbocycles. The lowest BCUT2D eigenvalue weighted by Crippen LogP contribution is -2.48. The van der Waals surface area contributed by atoms with Gasteiger partial charge in [-0.1, -0.05) is 6.92 Å². The first-order chi connectivity index (χ1) is 12.4. The summed E-state index contributed by atoms with van der Waals surface area (Å²) >= 11 is 1.55. The third kappa shape index (κ3) is 3.65. The summed E-state index contributed by atoms with van der Waals surface area (Å²) in [4.78, 5) is 29.8. The molecule has 2 heterocycles. The molecule has 26 heavy (non-hydrogen) atoms. The number of hydrogen-bond acceptors (Lipinski definition) is 4. The first-order valence-corrected chi connectivity index (χ1v) is 9.66. The minimum atomic E-state index is -0.390. The normalized spacial score (nSPS) is 14.6. The lowest BCUT2D eigenvalue weighted by molar-refractivity contribution is 0.0751. The molecule has 1 amide bonds. The smallest absolute Gasteiger partial charge is 0.264 e. The van der Waals surface area contributed by atoms with Crippen molar-refractivity contribution in [2.75, 3.05) is 31.1 Å². The second kappa shape index (κ2) is 7.58. The van der Waals surface area contributed by atoms with E-state index in [1.807, 2.05) is 22.8 Å². The number of halogens is 1. The Hall–Kier alpha value is -2.21. The Balaban J connectivity index is 1.67. The van der Waals surface area contributed by atoms with Gasteiger partial charge in [0.1, 0.15) is 5.82 Å². The molecular formula is C20H23FN2O2S. The molecule has 1 saturated heterocycles. The van der Waals surface area contributed by atoms with Gasteiger partial charge in [0.25, 0.3) is 5.91 Å². The van der Waals surface area contributed by atoms with Gasteiger partial charge < -0.3 is 9.80 Å². The number of thiophene rings is 1. The van der Waals surface area contributed by atoms with Crippen LogP contribution in [-0.2, 0) is 6.42 Å². The molecule has 1 aliphatic heterocycles. The van der Waals surface area contributed by atoms with Gasteiger partial charge in [-0.3, -0.25) is 9.59 Å². The van der Waals surface area contributed by atoms with Gasteiger partial charge in [0.2, 0.25) is 0 Å². The Morgan fingerprint density at radius 3 is 2.38 bits per heavy atom. The van der Waals surface area contributed by atoms with Gasteiger partial charge >= 0.3 is 0 Å². The second-order valence-corrected chi connectivity index (χ2v) is 7.80. The summed E-state index contributed by atoms with van der Waals surface area (Å²) in [6.07, 6.45) is 0.929. The van der Waals surface area contributed by atoms with Crippen LogP contribution in [0.4, 0.5) is 10.1 Å². The third-order valence-corrected chi connectivity index (χ3v) is 5.95. The Morgan fingerprint density at radius 1 is 1.15 bits per heavy atom. The molecule has 0 N–H and O–H groups in total. The summed E-state index contributed by atoms with van der Waals surface area (Å²) in [6.45, 7) is 7.84. The van der Waals surface area contributed by atoms with E-state index < -0.39 is 0 Å². The standard InChI is InChI=1S/C20H23FN2O2S/c1-4-15-12-19(26-14(15)3)20(25)23-9-7-22(8-10-23)18-6-5-16(13(2)24)11-17(18)21/h5-6,11-12H,4,7-10H2,1-3H3. The fourth-order valence-corrected chi connectivity index (χ4v) is 4.35. The molecule has 0 unspecified atom stereocenters. The molecule has 3 rings (SSSR count). The number of amides is 1. The summed E-state index contributed by atoms with van der Waals surface area (Å²) < 4.78 is 14.3. The summed E-state index contributed by atoms with van der Waals surface area (Å²) in [5.41, 5.74) is 2.09. The number of aryl methyl sites for hydroxylation is 2. The highest BCUT2D eigenvalue weighted by Gasteiger charge is 2.25. The Morgan fingerprint density at radius 2 is 1.85 bits per heavy atom.